The minimum absolute atomic E-state index is 0.00329. The van der Waals surface area contributed by atoms with Crippen LogP contribution in [0.15, 0.2) is 161 Å². The zero-order valence-corrected chi connectivity index (χ0v) is 49.8. The molecule has 1 fully saturated rings. The highest BCUT2D eigenvalue weighted by Crippen LogP contribution is 2.37. The highest BCUT2D eigenvalue weighted by Gasteiger charge is 2.52. The van der Waals surface area contributed by atoms with Crippen molar-refractivity contribution in [3.05, 3.63) is 249 Å². The van der Waals surface area contributed by atoms with Crippen LogP contribution in [0.5, 0.6) is 0 Å². The molecule has 6 aromatic rings. The van der Waals surface area contributed by atoms with Gasteiger partial charge in [0.1, 0.15) is 56.6 Å². The maximum Gasteiger partial charge on any atom is 0.564 e. The van der Waals surface area contributed by atoms with Crippen LogP contribution in [0.4, 0.5) is 5.69 Å². The summed E-state index contributed by atoms with van der Waals surface area (Å²) in [7, 11) is -0.700. The van der Waals surface area contributed by atoms with E-state index in [9.17, 15) is 31.6 Å². The first-order valence-electron chi connectivity index (χ1n) is 24.4. The molecule has 26 nitrogen and oxygen atoms in total. The predicted molar refractivity (Wildman–Crippen MR) is 313 cm³/mol. The van der Waals surface area contributed by atoms with Gasteiger partial charge in [-0.1, -0.05) is 12.1 Å². The van der Waals surface area contributed by atoms with Gasteiger partial charge in [0.05, 0.1) is 111 Å². The quantitative estimate of drug-likeness (QED) is 0.0626. The number of aromatic nitrogens is 4. The van der Waals surface area contributed by atoms with Crippen LogP contribution in [0.1, 0.15) is 44.4 Å². The van der Waals surface area contributed by atoms with Crippen molar-refractivity contribution < 1.29 is 9.31 Å². The summed E-state index contributed by atoms with van der Waals surface area (Å²) < 4.78 is 14.1. The molecular formula is C58H22BBr3N24O2. The largest absolute Gasteiger partial charge is 0.564 e. The number of fused-ring (bicyclic) bond motifs is 4. The molecule has 0 N–H and O–H groups in total. The molecule has 2 aromatic heterocycles. The molecule has 0 unspecified atom stereocenters. The summed E-state index contributed by atoms with van der Waals surface area (Å²) in [5, 5.41) is 60.4. The minimum Gasteiger partial charge on any atom is -0.399 e. The fourth-order valence-electron chi connectivity index (χ4n) is 8.47. The maximum atomic E-state index is 10.4. The van der Waals surface area contributed by atoms with Crippen LogP contribution < -0.4 is 48.3 Å². The molecule has 4 aromatic carbocycles. The summed E-state index contributed by atoms with van der Waals surface area (Å²) in [5.41, 5.74) is -0.484. The first-order chi connectivity index (χ1) is 42.3. The van der Waals surface area contributed by atoms with E-state index >= 15 is 0 Å². The van der Waals surface area contributed by atoms with E-state index in [0.717, 1.165) is 9.21 Å². The number of hydrogen-bond donors (Lipinski definition) is 0. The molecule has 0 amide bonds. The molecule has 5 aliphatic heterocycles. The Morgan fingerprint density at radius 3 is 1.31 bits per heavy atom. The van der Waals surface area contributed by atoms with Gasteiger partial charge in [-0.25, -0.2) is 95.0 Å². The number of nitrogens with zero attached hydrogens (tertiary/aromatic N) is 24. The average molecular weight is 1340 g/mol. The molecule has 11 rings (SSSR count). The van der Waals surface area contributed by atoms with E-state index in [1.165, 1.54) is 24.3 Å². The molecule has 88 heavy (non-hydrogen) atoms. The van der Waals surface area contributed by atoms with Crippen LogP contribution in [-0.4, -0.2) is 38.3 Å². The van der Waals surface area contributed by atoms with E-state index in [1.54, 1.807) is 54.6 Å². The first kappa shape index (κ1) is 60.3. The first-order valence-corrected chi connectivity index (χ1v) is 26.8. The van der Waals surface area contributed by atoms with Crippen LogP contribution >= 0.6 is 47.8 Å². The highest BCUT2D eigenvalue weighted by atomic mass is 79.9. The predicted octanol–water partition coefficient (Wildman–Crippen LogP) is 6.21. The molecule has 30 heteroatoms. The fraction of sp³-hybridized carbons (Fsp3) is 0.103. The van der Waals surface area contributed by atoms with Crippen molar-refractivity contribution in [2.45, 2.75) is 38.9 Å². The normalized spacial score (nSPS) is 15.6. The molecule has 0 bridgehead atoms. The molecule has 410 valence electrons. The van der Waals surface area contributed by atoms with Gasteiger partial charge in [0.15, 0.2) is 28.0 Å². The van der Waals surface area contributed by atoms with Gasteiger partial charge in [-0.2, -0.15) is 25.5 Å². The molecule has 7 heterocycles. The fourth-order valence-corrected chi connectivity index (χ4v) is 10.4. The van der Waals surface area contributed by atoms with Crippen molar-refractivity contribution in [2.24, 2.45) is 39.9 Å². The van der Waals surface area contributed by atoms with E-state index in [-0.39, 0.29) is 135 Å². The number of halogens is 3. The van der Waals surface area contributed by atoms with Crippen LogP contribution in [0.25, 0.3) is 63.0 Å². The Hall–Kier alpha value is -12.3. The van der Waals surface area contributed by atoms with Crippen LogP contribution in [0.2, 0.25) is 0 Å². The molecule has 1 saturated heterocycles. The Bertz CT molecular complexity index is 5010. The molecule has 0 aliphatic carbocycles. The maximum absolute atomic E-state index is 10.4. The monoisotopic (exact) mass is 1330 g/mol. The number of benzene rings is 4. The zero-order chi connectivity index (χ0) is 63.4. The summed E-state index contributed by atoms with van der Waals surface area (Å²) in [6.07, 6.45) is 0. The summed E-state index contributed by atoms with van der Waals surface area (Å²) in [5.74, 6) is -0.714. The van der Waals surface area contributed by atoms with Gasteiger partial charge in [0.2, 0.25) is 11.5 Å². The van der Waals surface area contributed by atoms with Crippen molar-refractivity contribution in [1.82, 2.24) is 19.9 Å². The third-order valence-corrected chi connectivity index (χ3v) is 14.4. The van der Waals surface area contributed by atoms with Crippen molar-refractivity contribution in [3.63, 3.8) is 0 Å². The Balaban J connectivity index is 0.000000221. The van der Waals surface area contributed by atoms with Gasteiger partial charge in [-0.05, 0) is 118 Å². The van der Waals surface area contributed by atoms with Gasteiger partial charge in [-0.15, -0.1) is 0 Å². The SMILES string of the molecule is Brc1cc(Br)nc(Br)n1.[C-]#[N+]/C(C#N)=C1/N=c2ccc(-c3cc(-c4ccc5c(c4C#N)=N/C(=C(\C#N)[N+]#[C-])N=5)nc(-c4ccc5c(c4C#N)=N/C(=C(\C#N)[N+]#[C-])N=5)n3)c([N+]#[C-])c2=N1.[C-]#[N+]C([N+]#[C-])=C1N=c2ccc(B3OC(C)(C)C(C)(C)O3)c(C#N)c2=N1. The van der Waals surface area contributed by atoms with Crippen molar-refractivity contribution in [3.8, 4) is 70.3 Å². The molecule has 0 spiro atoms. The van der Waals surface area contributed by atoms with Crippen LogP contribution in [0.3, 0.4) is 0 Å². The molecular weight excluding hydrogens is 1320 g/mol. The third-order valence-electron chi connectivity index (χ3n) is 13.2. The van der Waals surface area contributed by atoms with Gasteiger partial charge >= 0.3 is 30.0 Å². The Labute approximate surface area is 521 Å². The van der Waals surface area contributed by atoms with Crippen LogP contribution in [0, 0.1) is 107 Å². The number of hydrogen-bond acceptors (Lipinski definition) is 20. The average Bonchev–Trinajstić information content (AvgIpc) is 1.74. The lowest BCUT2D eigenvalue weighted by molar-refractivity contribution is 0.00578. The minimum atomic E-state index is -0.700. The number of allylic oxidation sites excluding steroid dienone is 3. The Kier molecular flexibility index (Phi) is 16.8. The second-order valence-electron chi connectivity index (χ2n) is 18.7. The van der Waals surface area contributed by atoms with E-state index in [0.29, 0.717) is 20.9 Å². The number of nitriles is 6. The van der Waals surface area contributed by atoms with Gasteiger partial charge in [0.25, 0.3) is 0 Å². The standard InChI is InChI=1S/C37H7N17.C17H14BN5O2.C4HBr3N2/c1-43-27(14-40)35-47-22-8-5-17(20(12-38)30(22)52-35)25-11-26(19-7-10-24-33(32(19)46-4)54-37(49-24)29(16-42)45-3)51-34(50-25)18-6-9-23-31(21(18)13-39)53-36(48-23)28(15-41)44-2;1-16(2)17(3,4)25-18(24-16)11-7-8-12-13(10(11)9-19)23-15(22-12)14(20-5)21-6;5-2-1-3(6)9-4(7)8-2/h5-11H;7-8H,1-4H3;1H/b35-27+,36-28+,37-29-;;. The van der Waals surface area contributed by atoms with Crippen LogP contribution in [-0.2, 0) is 9.31 Å². The summed E-state index contributed by atoms with van der Waals surface area (Å²) in [6.45, 7) is 51.7. The van der Waals surface area contributed by atoms with E-state index in [2.05, 4.69) is 145 Å². The molecule has 0 saturated carbocycles. The summed E-state index contributed by atoms with van der Waals surface area (Å²) in [6, 6.07) is 27.4. The summed E-state index contributed by atoms with van der Waals surface area (Å²) >= 11 is 9.53. The number of rotatable bonds is 4. The van der Waals surface area contributed by atoms with Crippen molar-refractivity contribution >= 4 is 66.1 Å². The van der Waals surface area contributed by atoms with E-state index in [1.807, 2.05) is 27.7 Å². The van der Waals surface area contributed by atoms with E-state index < -0.39 is 18.3 Å². The lowest BCUT2D eigenvalue weighted by Crippen LogP contribution is -2.42. The lowest BCUT2D eigenvalue weighted by Gasteiger charge is -2.32. The van der Waals surface area contributed by atoms with E-state index in [4.69, 9.17) is 58.7 Å². The van der Waals surface area contributed by atoms with Gasteiger partial charge in [-0.3, -0.25) is 0 Å². The Morgan fingerprint density at radius 2 is 0.864 bits per heavy atom. The topological polar surface area (TPSA) is 338 Å². The molecule has 0 atom stereocenters. The van der Waals surface area contributed by atoms with Gasteiger partial charge in [0, 0.05) is 28.2 Å². The van der Waals surface area contributed by atoms with Crippen molar-refractivity contribution in [2.75, 3.05) is 0 Å². The second-order valence-corrected chi connectivity index (χ2v) is 21.0. The lowest BCUT2D eigenvalue weighted by atomic mass is 9.76. The van der Waals surface area contributed by atoms with Gasteiger partial charge < -0.3 is 9.31 Å². The highest BCUT2D eigenvalue weighted by molar-refractivity contribution is 9.11. The summed E-state index contributed by atoms with van der Waals surface area (Å²) in [4.78, 5) is 70.8. The van der Waals surface area contributed by atoms with Crippen molar-refractivity contribution in [1.29, 1.82) is 31.6 Å². The second kappa shape index (κ2) is 24.5. The Morgan fingerprint density at radius 1 is 0.466 bits per heavy atom. The zero-order valence-electron chi connectivity index (χ0n) is 45.0. The molecule has 0 radical (unpaired) electrons. The third kappa shape index (κ3) is 11.2. The smallest absolute Gasteiger partial charge is 0.399 e. The molecule has 5 aliphatic rings.